The van der Waals surface area contributed by atoms with Crippen molar-refractivity contribution in [2.75, 3.05) is 5.32 Å². The largest absolute Gasteiger partial charge is 0.431 e. The molecule has 2 rings (SSSR count). The molecule has 0 fully saturated rings. The minimum absolute atomic E-state index is 0.266. The first-order valence-corrected chi connectivity index (χ1v) is 5.82. The van der Waals surface area contributed by atoms with Crippen LogP contribution < -0.4 is 5.32 Å². The second-order valence-electron chi connectivity index (χ2n) is 4.10. The van der Waals surface area contributed by atoms with E-state index in [9.17, 15) is 17.6 Å². The Hall–Kier alpha value is -2.30. The van der Waals surface area contributed by atoms with Crippen LogP contribution in [0.3, 0.4) is 0 Å². The fourth-order valence-corrected chi connectivity index (χ4v) is 1.59. The molecule has 0 aliphatic carbocycles. The van der Waals surface area contributed by atoms with Crippen LogP contribution in [0.2, 0.25) is 0 Å². The molecule has 2 aromatic carbocycles. The van der Waals surface area contributed by atoms with E-state index in [1.54, 1.807) is 18.2 Å². The molecule has 0 unspecified atom stereocenters. The van der Waals surface area contributed by atoms with E-state index in [0.29, 0.717) is 5.69 Å². The number of allylic oxidation sites excluding steroid dienone is 1. The second kappa shape index (κ2) is 5.77. The van der Waals surface area contributed by atoms with E-state index in [0.717, 1.165) is 18.2 Å². The quantitative estimate of drug-likeness (QED) is 0.794. The monoisotopic (exact) mass is 281 g/mol. The molecule has 20 heavy (non-hydrogen) atoms. The zero-order chi connectivity index (χ0) is 14.6. The molecule has 0 aromatic heterocycles. The van der Waals surface area contributed by atoms with Gasteiger partial charge in [-0.05, 0) is 35.9 Å². The molecule has 1 nitrogen and oxygen atoms in total. The van der Waals surface area contributed by atoms with Gasteiger partial charge in [-0.25, -0.2) is 4.39 Å². The molecular formula is C15H11F4N. The van der Waals surface area contributed by atoms with Gasteiger partial charge < -0.3 is 5.32 Å². The molecule has 0 spiro atoms. The Morgan fingerprint density at radius 2 is 1.50 bits per heavy atom. The molecule has 2 aromatic rings. The first-order valence-electron chi connectivity index (χ1n) is 5.82. The number of hydrogen-bond donors (Lipinski definition) is 1. The van der Waals surface area contributed by atoms with Crippen LogP contribution in [-0.4, -0.2) is 6.18 Å². The van der Waals surface area contributed by atoms with E-state index in [1.165, 1.54) is 24.3 Å². The lowest BCUT2D eigenvalue weighted by atomic mass is 10.2. The first-order chi connectivity index (χ1) is 9.45. The average molecular weight is 281 g/mol. The smallest absolute Gasteiger partial charge is 0.352 e. The van der Waals surface area contributed by atoms with Crippen molar-refractivity contribution in [3.63, 3.8) is 0 Å². The van der Waals surface area contributed by atoms with Crippen LogP contribution in [0, 0.1) is 5.82 Å². The Morgan fingerprint density at radius 1 is 0.900 bits per heavy atom. The predicted molar refractivity (Wildman–Crippen MR) is 70.5 cm³/mol. The van der Waals surface area contributed by atoms with E-state index >= 15 is 0 Å². The fraction of sp³-hybridized carbons (Fsp3) is 0.0667. The van der Waals surface area contributed by atoms with Gasteiger partial charge in [0.05, 0.1) is 0 Å². The van der Waals surface area contributed by atoms with Gasteiger partial charge in [-0.1, -0.05) is 30.3 Å². The Morgan fingerprint density at radius 3 is 2.05 bits per heavy atom. The molecule has 0 aliphatic heterocycles. The number of benzene rings is 2. The summed E-state index contributed by atoms with van der Waals surface area (Å²) in [7, 11) is 0. The molecule has 0 aliphatic rings. The van der Waals surface area contributed by atoms with Gasteiger partial charge in [-0.15, -0.1) is 0 Å². The summed E-state index contributed by atoms with van der Waals surface area (Å²) in [6.45, 7) is 0. The standard InChI is InChI=1S/C15H11F4N/c16-12-8-6-11(7-9-12)10-14(15(17,18)19)20-13-4-2-1-3-5-13/h1-10,20H. The van der Waals surface area contributed by atoms with Gasteiger partial charge in [-0.2, -0.15) is 13.2 Å². The lowest BCUT2D eigenvalue weighted by molar-refractivity contribution is -0.0893. The lowest BCUT2D eigenvalue weighted by Crippen LogP contribution is -2.18. The van der Waals surface area contributed by atoms with E-state index in [-0.39, 0.29) is 5.56 Å². The van der Waals surface area contributed by atoms with Gasteiger partial charge in [0.15, 0.2) is 0 Å². The van der Waals surface area contributed by atoms with Crippen molar-refractivity contribution >= 4 is 11.8 Å². The van der Waals surface area contributed by atoms with Crippen molar-refractivity contribution in [3.05, 3.63) is 71.7 Å². The zero-order valence-electron chi connectivity index (χ0n) is 10.3. The third-order valence-corrected chi connectivity index (χ3v) is 2.54. The summed E-state index contributed by atoms with van der Waals surface area (Å²) in [5.74, 6) is -0.494. The topological polar surface area (TPSA) is 12.0 Å². The zero-order valence-corrected chi connectivity index (χ0v) is 10.3. The van der Waals surface area contributed by atoms with Crippen LogP contribution in [0.15, 0.2) is 60.3 Å². The highest BCUT2D eigenvalue weighted by molar-refractivity contribution is 5.61. The highest BCUT2D eigenvalue weighted by atomic mass is 19.4. The molecule has 0 atom stereocenters. The minimum Gasteiger partial charge on any atom is -0.352 e. The number of anilines is 1. The molecule has 104 valence electrons. The van der Waals surface area contributed by atoms with E-state index in [1.807, 2.05) is 0 Å². The average Bonchev–Trinajstić information content (AvgIpc) is 2.40. The van der Waals surface area contributed by atoms with Gasteiger partial charge in [0.1, 0.15) is 11.5 Å². The van der Waals surface area contributed by atoms with E-state index in [2.05, 4.69) is 5.32 Å². The van der Waals surface area contributed by atoms with Crippen molar-refractivity contribution in [2.45, 2.75) is 6.18 Å². The molecule has 0 bridgehead atoms. The predicted octanol–water partition coefficient (Wildman–Crippen LogP) is 4.84. The normalized spacial score (nSPS) is 12.3. The van der Waals surface area contributed by atoms with Gasteiger partial charge >= 0.3 is 6.18 Å². The number of hydrogen-bond acceptors (Lipinski definition) is 1. The number of rotatable bonds is 3. The number of para-hydroxylation sites is 1. The maximum Gasteiger partial charge on any atom is 0.431 e. The third kappa shape index (κ3) is 3.85. The summed E-state index contributed by atoms with van der Waals surface area (Å²) in [6.07, 6.45) is -3.59. The Labute approximate surface area is 113 Å². The van der Waals surface area contributed by atoms with Crippen LogP contribution in [0.25, 0.3) is 6.08 Å². The van der Waals surface area contributed by atoms with Crippen molar-refractivity contribution < 1.29 is 17.6 Å². The molecule has 0 amide bonds. The summed E-state index contributed by atoms with van der Waals surface area (Å²) in [4.78, 5) is 0. The Balaban J connectivity index is 2.31. The van der Waals surface area contributed by atoms with Crippen molar-refractivity contribution in [3.8, 4) is 0 Å². The van der Waals surface area contributed by atoms with Crippen LogP contribution in [0.4, 0.5) is 23.2 Å². The van der Waals surface area contributed by atoms with Crippen LogP contribution >= 0.6 is 0 Å². The van der Waals surface area contributed by atoms with Crippen LogP contribution in [0.1, 0.15) is 5.56 Å². The molecule has 1 N–H and O–H groups in total. The van der Waals surface area contributed by atoms with Gasteiger partial charge in [0.25, 0.3) is 0 Å². The summed E-state index contributed by atoms with van der Waals surface area (Å²) in [5, 5.41) is 2.32. The number of halogens is 4. The highest BCUT2D eigenvalue weighted by Gasteiger charge is 2.33. The minimum atomic E-state index is -4.52. The van der Waals surface area contributed by atoms with Gasteiger partial charge in [0.2, 0.25) is 0 Å². The van der Waals surface area contributed by atoms with Crippen molar-refractivity contribution in [1.29, 1.82) is 0 Å². The fourth-order valence-electron chi connectivity index (χ4n) is 1.59. The number of nitrogens with one attached hydrogen (secondary N) is 1. The maximum absolute atomic E-state index is 13.0. The molecule has 0 radical (unpaired) electrons. The molecule has 0 saturated carbocycles. The van der Waals surface area contributed by atoms with Crippen molar-refractivity contribution in [2.24, 2.45) is 0 Å². The second-order valence-corrected chi connectivity index (χ2v) is 4.10. The lowest BCUT2D eigenvalue weighted by Gasteiger charge is -2.14. The van der Waals surface area contributed by atoms with E-state index in [4.69, 9.17) is 0 Å². The summed E-state index contributed by atoms with van der Waals surface area (Å²) < 4.78 is 51.6. The van der Waals surface area contributed by atoms with E-state index < -0.39 is 17.7 Å². The molecule has 5 heteroatoms. The summed E-state index contributed by atoms with van der Waals surface area (Å²) in [5.41, 5.74) is -0.310. The van der Waals surface area contributed by atoms with Crippen LogP contribution in [0.5, 0.6) is 0 Å². The highest BCUT2D eigenvalue weighted by Crippen LogP contribution is 2.28. The van der Waals surface area contributed by atoms with Gasteiger partial charge in [-0.3, -0.25) is 0 Å². The van der Waals surface area contributed by atoms with Gasteiger partial charge in [0, 0.05) is 5.69 Å². The maximum atomic E-state index is 13.0. The number of alkyl halides is 3. The van der Waals surface area contributed by atoms with Crippen molar-refractivity contribution in [1.82, 2.24) is 0 Å². The molecule has 0 heterocycles. The summed E-state index contributed by atoms with van der Waals surface area (Å²) in [6, 6.07) is 12.8. The van der Waals surface area contributed by atoms with Crippen LogP contribution in [-0.2, 0) is 0 Å². The first kappa shape index (κ1) is 14.1. The SMILES string of the molecule is Fc1ccc(C=C(Nc2ccccc2)C(F)(F)F)cc1. The Kier molecular flexibility index (Phi) is 4.08. The molecule has 0 saturated heterocycles. The molecular weight excluding hydrogens is 270 g/mol. The third-order valence-electron chi connectivity index (χ3n) is 2.54. The summed E-state index contributed by atoms with van der Waals surface area (Å²) >= 11 is 0. The Bertz CT molecular complexity index is 586.